The Bertz CT molecular complexity index is 1770. The maximum absolute atomic E-state index is 13.1. The second-order valence-corrected chi connectivity index (χ2v) is 9.38. The van der Waals surface area contributed by atoms with E-state index >= 15 is 0 Å². The van der Waals surface area contributed by atoms with Crippen molar-refractivity contribution in [3.8, 4) is 16.9 Å². The van der Waals surface area contributed by atoms with Gasteiger partial charge in [0.1, 0.15) is 18.1 Å². The molecule has 2 amide bonds. The monoisotopic (exact) mass is 592 g/mol. The second-order valence-electron chi connectivity index (χ2n) is 9.38. The largest absolute Gasteiger partial charge is 0.495 e. The molecule has 0 aliphatic carbocycles. The number of methoxy groups -OCH3 is 1. The summed E-state index contributed by atoms with van der Waals surface area (Å²) in [7, 11) is 1.36. The molecule has 0 spiro atoms. The summed E-state index contributed by atoms with van der Waals surface area (Å²) in [5.74, 6) is -1.06. The number of ether oxygens (including phenoxy) is 1. The minimum Gasteiger partial charge on any atom is -0.495 e. The van der Waals surface area contributed by atoms with Crippen LogP contribution in [0, 0.1) is 5.82 Å². The van der Waals surface area contributed by atoms with Crippen molar-refractivity contribution in [3.63, 3.8) is 0 Å². The van der Waals surface area contributed by atoms with Crippen molar-refractivity contribution in [1.82, 2.24) is 25.2 Å². The summed E-state index contributed by atoms with van der Waals surface area (Å²) < 4.78 is 57.2. The lowest BCUT2D eigenvalue weighted by Gasteiger charge is -2.12. The highest BCUT2D eigenvalue weighted by molar-refractivity contribution is 5.95. The summed E-state index contributed by atoms with van der Waals surface area (Å²) in [6, 6.07) is 20.7. The number of anilines is 2. The fourth-order valence-electron chi connectivity index (χ4n) is 4.15. The predicted octanol–water partition coefficient (Wildman–Crippen LogP) is 5.51. The maximum Gasteiger partial charge on any atom is 0.405 e. The van der Waals surface area contributed by atoms with Gasteiger partial charge in [-0.3, -0.25) is 9.59 Å². The number of aromatic nitrogens is 3. The number of pyridine rings is 1. The number of nitrogens with zero attached hydrogens (tertiary/aromatic N) is 3. The number of rotatable bonds is 9. The van der Waals surface area contributed by atoms with Crippen LogP contribution in [0.1, 0.15) is 26.3 Å². The van der Waals surface area contributed by atoms with Gasteiger partial charge in [0, 0.05) is 29.4 Å². The zero-order valence-corrected chi connectivity index (χ0v) is 22.6. The molecule has 9 nitrogen and oxygen atoms in total. The molecule has 3 aromatic carbocycles. The van der Waals surface area contributed by atoms with E-state index in [9.17, 15) is 27.2 Å². The van der Waals surface area contributed by atoms with Gasteiger partial charge in [-0.15, -0.1) is 5.10 Å². The number of hydrogen-bond donors (Lipinski definition) is 3. The molecule has 0 aliphatic rings. The first kappa shape index (κ1) is 29.0. The predicted molar refractivity (Wildman–Crippen MR) is 151 cm³/mol. The van der Waals surface area contributed by atoms with Gasteiger partial charge in [0.25, 0.3) is 11.8 Å². The molecule has 13 heteroatoms. The number of amides is 2. The number of fused-ring (bicyclic) bond motifs is 1. The van der Waals surface area contributed by atoms with Gasteiger partial charge in [0.15, 0.2) is 5.65 Å². The third kappa shape index (κ3) is 7.25. The molecule has 0 saturated heterocycles. The molecule has 2 heterocycles. The molecule has 5 rings (SSSR count). The summed E-state index contributed by atoms with van der Waals surface area (Å²) in [4.78, 5) is 29.1. The Morgan fingerprint density at radius 3 is 2.23 bits per heavy atom. The lowest BCUT2D eigenvalue weighted by atomic mass is 10.1. The highest BCUT2D eigenvalue weighted by Gasteiger charge is 2.28. The van der Waals surface area contributed by atoms with Crippen LogP contribution in [-0.4, -0.2) is 46.2 Å². The molecule has 3 N–H and O–H groups in total. The average molecular weight is 593 g/mol. The van der Waals surface area contributed by atoms with Crippen LogP contribution in [0.25, 0.3) is 16.8 Å². The number of hydrogen-bond acceptors (Lipinski definition) is 6. The summed E-state index contributed by atoms with van der Waals surface area (Å²) >= 11 is 0. The molecule has 0 bridgehead atoms. The lowest BCUT2D eigenvalue weighted by molar-refractivity contribution is -0.123. The molecule has 0 aliphatic heterocycles. The van der Waals surface area contributed by atoms with Crippen LogP contribution < -0.4 is 20.7 Å². The van der Waals surface area contributed by atoms with Gasteiger partial charge >= 0.3 is 6.18 Å². The molecule has 43 heavy (non-hydrogen) atoms. The van der Waals surface area contributed by atoms with Crippen molar-refractivity contribution in [2.24, 2.45) is 0 Å². The lowest BCUT2D eigenvalue weighted by Crippen LogP contribution is -2.33. The quantitative estimate of drug-likeness (QED) is 0.195. The van der Waals surface area contributed by atoms with Crippen LogP contribution in [0.4, 0.5) is 29.2 Å². The minimum atomic E-state index is -4.52. The Balaban J connectivity index is 1.26. The molecule has 0 fully saturated rings. The maximum atomic E-state index is 13.1. The molecule has 0 saturated carbocycles. The van der Waals surface area contributed by atoms with E-state index < -0.39 is 18.6 Å². The van der Waals surface area contributed by atoms with E-state index in [4.69, 9.17) is 4.74 Å². The number of nitrogens with one attached hydrogen (secondary N) is 3. The normalized spacial score (nSPS) is 11.3. The molecule has 0 atom stereocenters. The van der Waals surface area contributed by atoms with Crippen LogP contribution in [0.15, 0.2) is 85.1 Å². The van der Waals surface area contributed by atoms with Gasteiger partial charge in [-0.1, -0.05) is 24.3 Å². The zero-order chi connectivity index (χ0) is 30.6. The molecular weight excluding hydrogens is 568 g/mol. The number of carbonyl (C=O) groups is 2. The second kappa shape index (κ2) is 12.2. The van der Waals surface area contributed by atoms with Crippen molar-refractivity contribution in [1.29, 1.82) is 0 Å². The third-order valence-corrected chi connectivity index (χ3v) is 6.34. The summed E-state index contributed by atoms with van der Waals surface area (Å²) in [5, 5.41) is 12.1. The van der Waals surface area contributed by atoms with Crippen molar-refractivity contribution >= 4 is 29.1 Å². The standard InChI is InChI=1S/C30H24F4N6O3/c1-43-25-14-21(28(42)36-17-30(32,33)34)8-12-24(25)37-29-38-26-13-9-22(16-40(26)39-29)19-4-6-20(7-5-19)27(41)35-15-18-2-10-23(31)11-3-18/h2-14,16H,15,17H2,1H3,(H,35,41)(H,36,42)(H,37,39). The Hall–Kier alpha value is -5.46. The average Bonchev–Trinajstić information content (AvgIpc) is 3.41. The van der Waals surface area contributed by atoms with E-state index in [0.717, 1.165) is 16.7 Å². The highest BCUT2D eigenvalue weighted by atomic mass is 19.4. The van der Waals surface area contributed by atoms with Crippen LogP contribution in [0.2, 0.25) is 0 Å². The molecule has 220 valence electrons. The van der Waals surface area contributed by atoms with Gasteiger partial charge in [0.05, 0.1) is 12.8 Å². The Morgan fingerprint density at radius 2 is 1.53 bits per heavy atom. The Labute approximate surface area is 242 Å². The van der Waals surface area contributed by atoms with E-state index in [0.29, 0.717) is 16.9 Å². The number of alkyl halides is 3. The van der Waals surface area contributed by atoms with E-state index in [2.05, 4.69) is 20.7 Å². The van der Waals surface area contributed by atoms with Crippen LogP contribution >= 0.6 is 0 Å². The van der Waals surface area contributed by atoms with Gasteiger partial charge in [-0.05, 0) is 65.7 Å². The van der Waals surface area contributed by atoms with Crippen molar-refractivity contribution in [2.75, 3.05) is 19.0 Å². The van der Waals surface area contributed by atoms with Gasteiger partial charge in [-0.25, -0.2) is 8.91 Å². The fourth-order valence-corrected chi connectivity index (χ4v) is 4.15. The molecule has 0 radical (unpaired) electrons. The number of halogens is 4. The van der Waals surface area contributed by atoms with Crippen molar-refractivity contribution < 1.29 is 31.9 Å². The fraction of sp³-hybridized carbons (Fsp3) is 0.133. The minimum absolute atomic E-state index is 0.00405. The third-order valence-electron chi connectivity index (χ3n) is 6.34. The van der Waals surface area contributed by atoms with Crippen LogP contribution in [-0.2, 0) is 6.54 Å². The Morgan fingerprint density at radius 1 is 0.860 bits per heavy atom. The zero-order valence-electron chi connectivity index (χ0n) is 22.6. The molecule has 2 aromatic heterocycles. The first-order chi connectivity index (χ1) is 20.6. The van der Waals surface area contributed by atoms with Gasteiger partial charge in [0.2, 0.25) is 5.95 Å². The van der Waals surface area contributed by atoms with Crippen molar-refractivity contribution in [3.05, 3.63) is 108 Å². The van der Waals surface area contributed by atoms with Gasteiger partial charge < -0.3 is 20.7 Å². The number of benzene rings is 3. The van der Waals surface area contributed by atoms with E-state index in [-0.39, 0.29) is 35.5 Å². The molecule has 0 unspecified atom stereocenters. The van der Waals surface area contributed by atoms with E-state index in [1.54, 1.807) is 53.2 Å². The molecular formula is C30H24F4N6O3. The topological polar surface area (TPSA) is 110 Å². The van der Waals surface area contributed by atoms with E-state index in [1.807, 2.05) is 11.4 Å². The number of carbonyl (C=O) groups excluding carboxylic acids is 2. The van der Waals surface area contributed by atoms with Crippen LogP contribution in [0.3, 0.4) is 0 Å². The SMILES string of the molecule is COc1cc(C(=O)NCC(F)(F)F)ccc1Nc1nc2ccc(-c3ccc(C(=O)NCc4ccc(F)cc4)cc3)cn2n1. The van der Waals surface area contributed by atoms with Gasteiger partial charge in [-0.2, -0.15) is 18.2 Å². The van der Waals surface area contributed by atoms with Crippen LogP contribution in [0.5, 0.6) is 5.75 Å². The summed E-state index contributed by atoms with van der Waals surface area (Å²) in [6.07, 6.45) is -2.76. The first-order valence-electron chi connectivity index (χ1n) is 12.9. The Kier molecular flexibility index (Phi) is 8.23. The first-order valence-corrected chi connectivity index (χ1v) is 12.9. The highest BCUT2D eigenvalue weighted by Crippen LogP contribution is 2.29. The van der Waals surface area contributed by atoms with E-state index in [1.165, 1.54) is 37.4 Å². The smallest absolute Gasteiger partial charge is 0.405 e. The summed E-state index contributed by atoms with van der Waals surface area (Å²) in [5.41, 5.74) is 3.83. The molecule has 5 aromatic rings. The summed E-state index contributed by atoms with van der Waals surface area (Å²) in [6.45, 7) is -1.17. The van der Waals surface area contributed by atoms with Crippen molar-refractivity contribution in [2.45, 2.75) is 12.7 Å².